The van der Waals surface area contributed by atoms with E-state index >= 15 is 0 Å². The van der Waals surface area contributed by atoms with Crippen LogP contribution in [0.5, 0.6) is 0 Å². The standard InChI is InChI=1S/C18H28N6O2S/c1-11-14-12(20-21-17(19)27)9-18(2,3)10-13(14)26-15(11)16(25)22-24-7-5-23(4)6-8-24/h5-10H2,1-4H3,(H,22,25)(H3,19,21,27)/b20-12-. The van der Waals surface area contributed by atoms with E-state index in [4.69, 9.17) is 22.4 Å². The normalized spacial score (nSPS) is 21.7. The highest BCUT2D eigenvalue weighted by atomic mass is 32.1. The lowest BCUT2D eigenvalue weighted by Gasteiger charge is -2.32. The molecule has 1 amide bonds. The van der Waals surface area contributed by atoms with E-state index in [0.29, 0.717) is 5.76 Å². The van der Waals surface area contributed by atoms with E-state index < -0.39 is 0 Å². The van der Waals surface area contributed by atoms with Crippen molar-refractivity contribution in [3.63, 3.8) is 0 Å². The van der Waals surface area contributed by atoms with Gasteiger partial charge in [0.2, 0.25) is 0 Å². The second-order valence-corrected chi connectivity index (χ2v) is 8.58. The Morgan fingerprint density at radius 3 is 2.56 bits per heavy atom. The number of carbonyl (C=O) groups excluding carboxylic acids is 1. The minimum Gasteiger partial charge on any atom is -0.455 e. The Balaban J connectivity index is 1.86. The molecule has 4 N–H and O–H groups in total. The van der Waals surface area contributed by atoms with Crippen molar-refractivity contribution in [2.45, 2.75) is 33.6 Å². The minimum atomic E-state index is -0.217. The van der Waals surface area contributed by atoms with Gasteiger partial charge in [-0.05, 0) is 38.0 Å². The van der Waals surface area contributed by atoms with Gasteiger partial charge in [-0.2, -0.15) is 5.10 Å². The van der Waals surface area contributed by atoms with E-state index in [1.807, 2.05) is 11.9 Å². The molecule has 1 aliphatic heterocycles. The first-order valence-electron chi connectivity index (χ1n) is 9.15. The summed E-state index contributed by atoms with van der Waals surface area (Å²) in [7, 11) is 2.08. The third kappa shape index (κ3) is 4.48. The van der Waals surface area contributed by atoms with Crippen LogP contribution in [0.25, 0.3) is 0 Å². The molecule has 1 saturated heterocycles. The van der Waals surface area contributed by atoms with Crippen molar-refractivity contribution >= 4 is 28.9 Å². The molecule has 1 aliphatic carbocycles. The van der Waals surface area contributed by atoms with Crippen LogP contribution in [0.1, 0.15) is 47.7 Å². The lowest BCUT2D eigenvalue weighted by molar-refractivity contribution is 0.0633. The molecule has 0 spiro atoms. The number of hydrogen-bond donors (Lipinski definition) is 3. The minimum absolute atomic E-state index is 0.0285. The van der Waals surface area contributed by atoms with Gasteiger partial charge in [0.05, 0.1) is 5.71 Å². The van der Waals surface area contributed by atoms with E-state index in [9.17, 15) is 4.79 Å². The largest absolute Gasteiger partial charge is 0.455 e. The van der Waals surface area contributed by atoms with Crippen molar-refractivity contribution in [2.75, 3.05) is 33.2 Å². The van der Waals surface area contributed by atoms with Crippen LogP contribution in [-0.4, -0.2) is 59.9 Å². The van der Waals surface area contributed by atoms with E-state index in [1.54, 1.807) is 0 Å². The SMILES string of the molecule is Cc1c(C(=O)NN2CCN(C)CC2)oc2c1/C(=N\NC(N)=S)CC(C)(C)C2. The zero-order chi connectivity index (χ0) is 19.8. The van der Waals surface area contributed by atoms with Gasteiger partial charge in [-0.3, -0.25) is 15.6 Å². The van der Waals surface area contributed by atoms with Crippen molar-refractivity contribution in [3.8, 4) is 0 Å². The first-order valence-corrected chi connectivity index (χ1v) is 9.56. The number of piperazine rings is 1. The van der Waals surface area contributed by atoms with Crippen LogP contribution in [0.3, 0.4) is 0 Å². The number of furan rings is 1. The fourth-order valence-corrected chi connectivity index (χ4v) is 3.71. The molecule has 0 saturated carbocycles. The number of nitrogens with zero attached hydrogens (tertiary/aromatic N) is 3. The molecule has 0 atom stereocenters. The molecular weight excluding hydrogens is 364 g/mol. The predicted molar refractivity (Wildman–Crippen MR) is 109 cm³/mol. The summed E-state index contributed by atoms with van der Waals surface area (Å²) in [6, 6.07) is 0. The Morgan fingerprint density at radius 1 is 1.26 bits per heavy atom. The summed E-state index contributed by atoms with van der Waals surface area (Å²) >= 11 is 4.86. The smallest absolute Gasteiger partial charge is 0.301 e. The van der Waals surface area contributed by atoms with Crippen LogP contribution >= 0.6 is 12.2 Å². The summed E-state index contributed by atoms with van der Waals surface area (Å²) in [5, 5.41) is 6.42. The molecule has 27 heavy (non-hydrogen) atoms. The summed E-state index contributed by atoms with van der Waals surface area (Å²) in [6.07, 6.45) is 1.49. The fourth-order valence-electron chi connectivity index (χ4n) is 3.66. The maximum Gasteiger partial charge on any atom is 0.301 e. The molecule has 1 aromatic rings. The van der Waals surface area contributed by atoms with Crippen LogP contribution in [0.15, 0.2) is 9.52 Å². The summed E-state index contributed by atoms with van der Waals surface area (Å²) < 4.78 is 6.01. The number of hydrogen-bond acceptors (Lipinski definition) is 6. The zero-order valence-corrected chi connectivity index (χ0v) is 17.2. The van der Waals surface area contributed by atoms with Gasteiger partial charge in [0, 0.05) is 43.7 Å². The number of amides is 1. The molecule has 0 radical (unpaired) electrons. The van der Waals surface area contributed by atoms with E-state index in [0.717, 1.165) is 61.6 Å². The van der Waals surface area contributed by atoms with Gasteiger partial charge in [0.25, 0.3) is 0 Å². The van der Waals surface area contributed by atoms with Crippen LogP contribution in [0, 0.1) is 12.3 Å². The van der Waals surface area contributed by atoms with Crippen molar-refractivity contribution in [1.82, 2.24) is 20.8 Å². The number of fused-ring (bicyclic) bond motifs is 1. The first-order chi connectivity index (χ1) is 12.7. The van der Waals surface area contributed by atoms with Crippen molar-refractivity contribution in [2.24, 2.45) is 16.3 Å². The Labute approximate surface area is 165 Å². The van der Waals surface area contributed by atoms with Crippen LogP contribution in [-0.2, 0) is 6.42 Å². The van der Waals surface area contributed by atoms with Crippen molar-refractivity contribution < 1.29 is 9.21 Å². The van der Waals surface area contributed by atoms with E-state index in [1.165, 1.54) is 0 Å². The second-order valence-electron chi connectivity index (χ2n) is 8.14. The average molecular weight is 393 g/mol. The van der Waals surface area contributed by atoms with Gasteiger partial charge in [-0.15, -0.1) is 0 Å². The van der Waals surface area contributed by atoms with Crippen molar-refractivity contribution in [1.29, 1.82) is 0 Å². The Bertz CT molecular complexity index is 777. The maximum atomic E-state index is 12.8. The molecule has 1 fully saturated rings. The van der Waals surface area contributed by atoms with Gasteiger partial charge >= 0.3 is 5.91 Å². The van der Waals surface area contributed by atoms with Gasteiger partial charge in [0.15, 0.2) is 10.9 Å². The van der Waals surface area contributed by atoms with Crippen LogP contribution in [0.2, 0.25) is 0 Å². The highest BCUT2D eigenvalue weighted by molar-refractivity contribution is 7.80. The highest BCUT2D eigenvalue weighted by Gasteiger charge is 2.36. The average Bonchev–Trinajstić information content (AvgIpc) is 2.90. The number of rotatable bonds is 3. The number of thiocarbonyl (C=S) groups is 1. The first kappa shape index (κ1) is 19.8. The summed E-state index contributed by atoms with van der Waals surface area (Å²) in [4.78, 5) is 15.0. The molecule has 2 heterocycles. The highest BCUT2D eigenvalue weighted by Crippen LogP contribution is 2.38. The number of hydrazone groups is 1. The predicted octanol–water partition coefficient (Wildman–Crippen LogP) is 0.990. The third-order valence-electron chi connectivity index (χ3n) is 5.06. The number of nitrogens with two attached hydrogens (primary N) is 1. The number of hydrazine groups is 1. The monoisotopic (exact) mass is 392 g/mol. The van der Waals surface area contributed by atoms with E-state index in [2.05, 4.69) is 41.7 Å². The Morgan fingerprint density at radius 2 is 1.93 bits per heavy atom. The number of carbonyl (C=O) groups is 1. The van der Waals surface area contributed by atoms with Gasteiger partial charge < -0.3 is 15.1 Å². The molecular formula is C18H28N6O2S. The molecule has 1 aromatic heterocycles. The summed E-state index contributed by atoms with van der Waals surface area (Å²) in [6.45, 7) is 9.61. The molecule has 148 valence electrons. The topological polar surface area (TPSA) is 99.1 Å². The summed E-state index contributed by atoms with van der Waals surface area (Å²) in [5.41, 5.74) is 13.6. The molecule has 0 unspecified atom stereocenters. The van der Waals surface area contributed by atoms with Crippen LogP contribution in [0.4, 0.5) is 0 Å². The Kier molecular flexibility index (Phi) is 5.55. The lowest BCUT2D eigenvalue weighted by Crippen LogP contribution is -2.52. The van der Waals surface area contributed by atoms with Gasteiger partial charge in [-0.25, -0.2) is 5.01 Å². The van der Waals surface area contributed by atoms with Gasteiger partial charge in [0.1, 0.15) is 5.76 Å². The molecule has 2 aliphatic rings. The lowest BCUT2D eigenvalue weighted by atomic mass is 9.75. The van der Waals surface area contributed by atoms with E-state index in [-0.39, 0.29) is 16.4 Å². The Hall–Kier alpha value is -1.97. The third-order valence-corrected chi connectivity index (χ3v) is 5.15. The zero-order valence-electron chi connectivity index (χ0n) is 16.4. The van der Waals surface area contributed by atoms with Gasteiger partial charge in [-0.1, -0.05) is 13.8 Å². The molecule has 3 rings (SSSR count). The maximum absolute atomic E-state index is 12.8. The van der Waals surface area contributed by atoms with Crippen LogP contribution < -0.4 is 16.6 Å². The second kappa shape index (κ2) is 7.57. The van der Waals surface area contributed by atoms with Crippen molar-refractivity contribution in [3.05, 3.63) is 22.6 Å². The number of nitrogens with one attached hydrogen (secondary N) is 2. The molecule has 9 heteroatoms. The molecule has 0 aromatic carbocycles. The number of likely N-dealkylation sites (N-methyl/N-ethyl adjacent to an activating group) is 1. The molecule has 0 bridgehead atoms. The fraction of sp³-hybridized carbons (Fsp3) is 0.611. The quantitative estimate of drug-likeness (QED) is 0.521. The summed E-state index contributed by atoms with van der Waals surface area (Å²) in [5.74, 6) is 0.918. The molecule has 8 nitrogen and oxygen atoms in total.